The largest absolute Gasteiger partial charge is 0.341 e. The number of nitrogens with one attached hydrogen (secondary N) is 2. The van der Waals surface area contributed by atoms with Gasteiger partial charge in [0, 0.05) is 5.56 Å². The summed E-state index contributed by atoms with van der Waals surface area (Å²) in [6.45, 7) is 3.86. The number of benzene rings is 1. The molecule has 0 aliphatic rings. The van der Waals surface area contributed by atoms with Gasteiger partial charge in [0.25, 0.3) is 5.91 Å². The maximum absolute atomic E-state index is 12.3. The molecule has 2 aromatic heterocycles. The number of anilines is 1. The predicted octanol–water partition coefficient (Wildman–Crippen LogP) is 2.88. The molecule has 0 bridgehead atoms. The fourth-order valence-electron chi connectivity index (χ4n) is 2.09. The first-order valence-corrected chi connectivity index (χ1v) is 6.67. The number of amides is 1. The number of imidazole rings is 1. The summed E-state index contributed by atoms with van der Waals surface area (Å²) in [7, 11) is 0. The van der Waals surface area contributed by atoms with Crippen molar-refractivity contribution in [2.24, 2.45) is 0 Å². The van der Waals surface area contributed by atoms with Crippen LogP contribution in [0.3, 0.4) is 0 Å². The third kappa shape index (κ3) is 2.57. The second kappa shape index (κ2) is 5.14. The molecule has 2 heterocycles. The number of hydrogen-bond donors (Lipinski definition) is 2. The summed E-state index contributed by atoms with van der Waals surface area (Å²) >= 11 is 6.01. The molecule has 0 radical (unpaired) electrons. The molecule has 0 saturated carbocycles. The van der Waals surface area contributed by atoms with Gasteiger partial charge >= 0.3 is 0 Å². The normalized spacial score (nSPS) is 10.8. The van der Waals surface area contributed by atoms with Crippen molar-refractivity contribution in [1.82, 2.24) is 19.9 Å². The summed E-state index contributed by atoms with van der Waals surface area (Å²) in [5.41, 5.74) is 3.51. The lowest BCUT2D eigenvalue weighted by atomic mass is 10.1. The van der Waals surface area contributed by atoms with Gasteiger partial charge in [0.1, 0.15) is 5.52 Å². The SMILES string of the molecule is Cc1ccc(C(=O)Nc2nc(Cl)c3[nH]cnc3n2)c(C)c1. The van der Waals surface area contributed by atoms with E-state index in [1.807, 2.05) is 26.0 Å². The van der Waals surface area contributed by atoms with Gasteiger partial charge in [0.05, 0.1) is 6.33 Å². The molecule has 1 aromatic carbocycles. The number of carbonyl (C=O) groups excluding carboxylic acids is 1. The molecule has 0 aliphatic carbocycles. The van der Waals surface area contributed by atoms with Crippen LogP contribution in [0, 0.1) is 13.8 Å². The van der Waals surface area contributed by atoms with Gasteiger partial charge in [0.15, 0.2) is 10.8 Å². The van der Waals surface area contributed by atoms with E-state index in [1.165, 1.54) is 6.33 Å². The lowest BCUT2D eigenvalue weighted by Crippen LogP contribution is -2.15. The molecule has 1 amide bonds. The number of H-pyrrole nitrogens is 1. The van der Waals surface area contributed by atoms with Crippen molar-refractivity contribution >= 4 is 34.6 Å². The molecule has 0 unspecified atom stereocenters. The molecule has 0 fully saturated rings. The molecule has 0 atom stereocenters. The number of hydrogen-bond acceptors (Lipinski definition) is 4. The van der Waals surface area contributed by atoms with E-state index in [9.17, 15) is 4.79 Å². The van der Waals surface area contributed by atoms with Gasteiger partial charge in [0.2, 0.25) is 5.95 Å². The zero-order valence-electron chi connectivity index (χ0n) is 11.4. The lowest BCUT2D eigenvalue weighted by molar-refractivity contribution is 0.102. The third-order valence-corrected chi connectivity index (χ3v) is 3.37. The molecular weight excluding hydrogens is 290 g/mol. The first-order chi connectivity index (χ1) is 10.0. The summed E-state index contributed by atoms with van der Waals surface area (Å²) in [5, 5.41) is 2.86. The van der Waals surface area contributed by atoms with Crippen LogP contribution in [-0.4, -0.2) is 25.8 Å². The van der Waals surface area contributed by atoms with E-state index in [1.54, 1.807) is 6.07 Å². The molecule has 106 valence electrons. The van der Waals surface area contributed by atoms with E-state index in [4.69, 9.17) is 11.6 Å². The molecule has 21 heavy (non-hydrogen) atoms. The number of aromatic amines is 1. The van der Waals surface area contributed by atoms with E-state index >= 15 is 0 Å². The van der Waals surface area contributed by atoms with E-state index < -0.39 is 0 Å². The lowest BCUT2D eigenvalue weighted by Gasteiger charge is -2.07. The topological polar surface area (TPSA) is 83.6 Å². The molecule has 0 aliphatic heterocycles. The van der Waals surface area contributed by atoms with Gasteiger partial charge in [-0.05, 0) is 25.5 Å². The van der Waals surface area contributed by atoms with Crippen LogP contribution < -0.4 is 5.32 Å². The number of halogens is 1. The Kier molecular flexibility index (Phi) is 3.31. The average molecular weight is 302 g/mol. The second-order valence-electron chi connectivity index (χ2n) is 4.71. The minimum Gasteiger partial charge on any atom is -0.341 e. The quantitative estimate of drug-likeness (QED) is 0.713. The minimum atomic E-state index is -0.279. The maximum atomic E-state index is 12.3. The Labute approximate surface area is 125 Å². The summed E-state index contributed by atoms with van der Waals surface area (Å²) < 4.78 is 0. The van der Waals surface area contributed by atoms with Crippen molar-refractivity contribution in [3.63, 3.8) is 0 Å². The molecular formula is C14H12ClN5O. The van der Waals surface area contributed by atoms with Crippen molar-refractivity contribution in [3.8, 4) is 0 Å². The van der Waals surface area contributed by atoms with Crippen molar-refractivity contribution in [2.75, 3.05) is 5.32 Å². The molecule has 3 aromatic rings. The zero-order chi connectivity index (χ0) is 15.0. The van der Waals surface area contributed by atoms with Crippen LogP contribution in [0.2, 0.25) is 5.15 Å². The highest BCUT2D eigenvalue weighted by Crippen LogP contribution is 2.19. The highest BCUT2D eigenvalue weighted by Gasteiger charge is 2.13. The second-order valence-corrected chi connectivity index (χ2v) is 5.07. The van der Waals surface area contributed by atoms with E-state index in [2.05, 4.69) is 25.3 Å². The fraction of sp³-hybridized carbons (Fsp3) is 0.143. The Morgan fingerprint density at radius 1 is 1.29 bits per heavy atom. The Bertz CT molecular complexity index is 842. The molecule has 6 nitrogen and oxygen atoms in total. The number of aromatic nitrogens is 4. The number of carbonyl (C=O) groups is 1. The fourth-order valence-corrected chi connectivity index (χ4v) is 2.31. The summed E-state index contributed by atoms with van der Waals surface area (Å²) in [4.78, 5) is 27.3. The van der Waals surface area contributed by atoms with Gasteiger partial charge < -0.3 is 4.98 Å². The van der Waals surface area contributed by atoms with Crippen LogP contribution >= 0.6 is 11.6 Å². The molecule has 0 spiro atoms. The van der Waals surface area contributed by atoms with Crippen LogP contribution in [0.15, 0.2) is 24.5 Å². The van der Waals surface area contributed by atoms with Gasteiger partial charge in [-0.25, -0.2) is 4.98 Å². The van der Waals surface area contributed by atoms with Crippen molar-refractivity contribution < 1.29 is 4.79 Å². The van der Waals surface area contributed by atoms with Crippen LogP contribution in [0.25, 0.3) is 11.2 Å². The molecule has 3 rings (SSSR count). The predicted molar refractivity (Wildman–Crippen MR) is 80.6 cm³/mol. The van der Waals surface area contributed by atoms with Gasteiger partial charge in [-0.1, -0.05) is 29.3 Å². The van der Waals surface area contributed by atoms with Gasteiger partial charge in [-0.2, -0.15) is 9.97 Å². The van der Waals surface area contributed by atoms with Crippen molar-refractivity contribution in [1.29, 1.82) is 0 Å². The maximum Gasteiger partial charge on any atom is 0.258 e. The summed E-state index contributed by atoms with van der Waals surface area (Å²) in [6.07, 6.45) is 1.47. The minimum absolute atomic E-state index is 0.129. The number of rotatable bonds is 2. The van der Waals surface area contributed by atoms with Crippen molar-refractivity contribution in [3.05, 3.63) is 46.4 Å². The first-order valence-electron chi connectivity index (χ1n) is 6.30. The van der Waals surface area contributed by atoms with E-state index in [-0.39, 0.29) is 17.0 Å². The highest BCUT2D eigenvalue weighted by molar-refractivity contribution is 6.33. The monoisotopic (exact) mass is 301 g/mol. The third-order valence-electron chi connectivity index (χ3n) is 3.09. The number of fused-ring (bicyclic) bond motifs is 1. The highest BCUT2D eigenvalue weighted by atomic mass is 35.5. The Morgan fingerprint density at radius 3 is 2.86 bits per heavy atom. The standard InChI is InChI=1S/C14H12ClN5O/c1-7-3-4-9(8(2)5-7)13(21)20-14-18-11(15)10-12(19-14)17-6-16-10/h3-6H,1-2H3,(H2,16,17,18,19,20,21). The van der Waals surface area contributed by atoms with Crippen LogP contribution in [-0.2, 0) is 0 Å². The molecule has 0 saturated heterocycles. The molecule has 7 heteroatoms. The number of aryl methyl sites for hydroxylation is 2. The van der Waals surface area contributed by atoms with Gasteiger partial charge in [-0.15, -0.1) is 0 Å². The van der Waals surface area contributed by atoms with E-state index in [0.717, 1.165) is 11.1 Å². The Hall–Kier alpha value is -2.47. The summed E-state index contributed by atoms with van der Waals surface area (Å²) in [6, 6.07) is 5.60. The van der Waals surface area contributed by atoms with Crippen LogP contribution in [0.5, 0.6) is 0 Å². The zero-order valence-corrected chi connectivity index (χ0v) is 12.2. The Morgan fingerprint density at radius 2 is 2.10 bits per heavy atom. The Balaban J connectivity index is 1.92. The van der Waals surface area contributed by atoms with Crippen molar-refractivity contribution in [2.45, 2.75) is 13.8 Å². The number of nitrogens with zero attached hydrogens (tertiary/aromatic N) is 3. The van der Waals surface area contributed by atoms with Crippen LogP contribution in [0.1, 0.15) is 21.5 Å². The molecule has 2 N–H and O–H groups in total. The first kappa shape index (κ1) is 13.5. The summed E-state index contributed by atoms with van der Waals surface area (Å²) in [5.74, 6) is -0.150. The average Bonchev–Trinajstić information content (AvgIpc) is 2.87. The van der Waals surface area contributed by atoms with Gasteiger partial charge in [-0.3, -0.25) is 10.1 Å². The smallest absolute Gasteiger partial charge is 0.258 e. The van der Waals surface area contributed by atoms with E-state index in [0.29, 0.717) is 16.7 Å². The van der Waals surface area contributed by atoms with Crippen LogP contribution in [0.4, 0.5) is 5.95 Å².